The monoisotopic (exact) mass is 460 g/mol. The minimum atomic E-state index is -0.350. The smallest absolute Gasteiger partial charge is 0.339 e. The van der Waals surface area contributed by atoms with Crippen LogP contribution in [0.15, 0.2) is 54.6 Å². The third-order valence-electron chi connectivity index (χ3n) is 6.51. The molecule has 0 aliphatic heterocycles. The molecule has 0 bridgehead atoms. The highest BCUT2D eigenvalue weighted by Gasteiger charge is 2.23. The van der Waals surface area contributed by atoms with E-state index in [1.807, 2.05) is 47.9 Å². The number of rotatable bonds is 8. The summed E-state index contributed by atoms with van der Waals surface area (Å²) < 4.78 is 12.6. The van der Waals surface area contributed by atoms with Gasteiger partial charge in [0.25, 0.3) is 0 Å². The highest BCUT2D eigenvalue weighted by molar-refractivity contribution is 5.92. The molecule has 0 unspecified atom stereocenters. The number of amides is 1. The normalized spacial score (nSPS) is 14.9. The lowest BCUT2D eigenvalue weighted by Crippen LogP contribution is -2.31. The van der Waals surface area contributed by atoms with Crippen molar-refractivity contribution in [1.29, 1.82) is 0 Å². The van der Waals surface area contributed by atoms with E-state index in [0.29, 0.717) is 25.1 Å². The summed E-state index contributed by atoms with van der Waals surface area (Å²) in [7, 11) is 1.63. The molecular formula is C28H32N2O4. The molecule has 6 heteroatoms. The fraction of sp³-hybridized carbons (Fsp3) is 0.357. The Balaban J connectivity index is 1.54. The maximum absolute atomic E-state index is 12.9. The lowest BCUT2D eigenvalue weighted by molar-refractivity contribution is -0.122. The van der Waals surface area contributed by atoms with Crippen molar-refractivity contribution in [3.8, 4) is 17.0 Å². The van der Waals surface area contributed by atoms with Crippen molar-refractivity contribution in [2.75, 3.05) is 13.7 Å². The third kappa shape index (κ3) is 5.01. The molecule has 1 amide bonds. The van der Waals surface area contributed by atoms with Crippen LogP contribution in [0.2, 0.25) is 0 Å². The van der Waals surface area contributed by atoms with Crippen LogP contribution in [-0.4, -0.2) is 30.2 Å². The predicted molar refractivity (Wildman–Crippen MR) is 132 cm³/mol. The highest BCUT2D eigenvalue weighted by Crippen LogP contribution is 2.30. The SMILES string of the molecule is CCOC(=O)c1cc(-c2ccc(OC)cc2)n(CCC(=O)N[C@H]2CCCc3ccccc32)c1C. The van der Waals surface area contributed by atoms with Gasteiger partial charge in [-0.3, -0.25) is 4.79 Å². The average Bonchev–Trinajstić information content (AvgIpc) is 3.19. The number of carbonyl (C=O) groups is 2. The van der Waals surface area contributed by atoms with Crippen molar-refractivity contribution in [2.24, 2.45) is 0 Å². The summed E-state index contributed by atoms with van der Waals surface area (Å²) in [5, 5.41) is 3.23. The molecule has 1 atom stereocenters. The first-order chi connectivity index (χ1) is 16.5. The molecule has 6 nitrogen and oxygen atoms in total. The summed E-state index contributed by atoms with van der Waals surface area (Å²) in [5.41, 5.74) is 5.68. The summed E-state index contributed by atoms with van der Waals surface area (Å²) in [6.07, 6.45) is 3.41. The number of hydrogen-bond donors (Lipinski definition) is 1. The van der Waals surface area contributed by atoms with Gasteiger partial charge in [-0.25, -0.2) is 4.79 Å². The Hall–Kier alpha value is -3.54. The fourth-order valence-electron chi connectivity index (χ4n) is 4.73. The van der Waals surface area contributed by atoms with E-state index in [2.05, 4.69) is 23.5 Å². The zero-order valence-corrected chi connectivity index (χ0v) is 20.1. The molecule has 1 aromatic heterocycles. The molecule has 3 aromatic rings. The molecule has 2 aromatic carbocycles. The maximum atomic E-state index is 12.9. The van der Waals surface area contributed by atoms with Gasteiger partial charge in [-0.15, -0.1) is 0 Å². The largest absolute Gasteiger partial charge is 0.497 e. The molecule has 4 rings (SSSR count). The number of hydrogen-bond acceptors (Lipinski definition) is 4. The van der Waals surface area contributed by atoms with Crippen molar-refractivity contribution >= 4 is 11.9 Å². The number of aromatic nitrogens is 1. The summed E-state index contributed by atoms with van der Waals surface area (Å²) in [5.74, 6) is 0.418. The Labute approximate surface area is 200 Å². The second kappa shape index (κ2) is 10.6. The van der Waals surface area contributed by atoms with Gasteiger partial charge in [0.1, 0.15) is 5.75 Å². The average molecular weight is 461 g/mol. The van der Waals surface area contributed by atoms with Crippen LogP contribution in [0.5, 0.6) is 5.75 Å². The van der Waals surface area contributed by atoms with E-state index in [-0.39, 0.29) is 17.9 Å². The van der Waals surface area contributed by atoms with Crippen molar-refractivity contribution in [1.82, 2.24) is 9.88 Å². The van der Waals surface area contributed by atoms with Crippen LogP contribution in [0.3, 0.4) is 0 Å². The molecule has 178 valence electrons. The van der Waals surface area contributed by atoms with Gasteiger partial charge in [-0.1, -0.05) is 24.3 Å². The second-order valence-corrected chi connectivity index (χ2v) is 8.59. The Morgan fingerprint density at radius 2 is 1.88 bits per heavy atom. The number of esters is 1. The molecule has 0 spiro atoms. The standard InChI is InChI=1S/C28H32N2O4/c1-4-34-28(32)24-18-26(21-12-14-22(33-3)15-13-21)30(19(24)2)17-16-27(31)29-25-11-7-9-20-8-5-6-10-23(20)25/h5-6,8,10,12-15,18,25H,4,7,9,11,16-17H2,1-3H3,(H,29,31)/t25-/m0/s1. The first kappa shape index (κ1) is 23.6. The van der Waals surface area contributed by atoms with Gasteiger partial charge in [-0.2, -0.15) is 0 Å². The molecule has 0 radical (unpaired) electrons. The van der Waals surface area contributed by atoms with Crippen LogP contribution in [0.25, 0.3) is 11.3 Å². The first-order valence-electron chi connectivity index (χ1n) is 11.9. The van der Waals surface area contributed by atoms with Crippen LogP contribution in [-0.2, 0) is 22.5 Å². The number of nitrogens with one attached hydrogen (secondary N) is 1. The Morgan fingerprint density at radius 1 is 1.12 bits per heavy atom. The molecule has 34 heavy (non-hydrogen) atoms. The second-order valence-electron chi connectivity index (χ2n) is 8.59. The van der Waals surface area contributed by atoms with Gasteiger partial charge in [-0.05, 0) is 80.1 Å². The third-order valence-corrected chi connectivity index (χ3v) is 6.51. The molecule has 1 heterocycles. The molecule has 0 saturated carbocycles. The summed E-state index contributed by atoms with van der Waals surface area (Å²) in [4.78, 5) is 25.5. The minimum Gasteiger partial charge on any atom is -0.497 e. The zero-order chi connectivity index (χ0) is 24.1. The van der Waals surface area contributed by atoms with Crippen LogP contribution in [0, 0.1) is 6.92 Å². The molecule has 1 aliphatic carbocycles. The Morgan fingerprint density at radius 3 is 2.62 bits per heavy atom. The quantitative estimate of drug-likeness (QED) is 0.467. The number of fused-ring (bicyclic) bond motifs is 1. The van der Waals surface area contributed by atoms with E-state index in [0.717, 1.165) is 42.0 Å². The minimum absolute atomic E-state index is 0.00756. The van der Waals surface area contributed by atoms with E-state index in [9.17, 15) is 9.59 Å². The van der Waals surface area contributed by atoms with Crippen molar-refractivity contribution in [2.45, 2.75) is 52.1 Å². The lowest BCUT2D eigenvalue weighted by Gasteiger charge is -2.26. The Bertz CT molecular complexity index is 1160. The summed E-state index contributed by atoms with van der Waals surface area (Å²) in [6, 6.07) is 17.9. The van der Waals surface area contributed by atoms with E-state index in [4.69, 9.17) is 9.47 Å². The number of ether oxygens (including phenoxy) is 2. The van der Waals surface area contributed by atoms with Crippen molar-refractivity contribution < 1.29 is 19.1 Å². The lowest BCUT2D eigenvalue weighted by atomic mass is 9.87. The van der Waals surface area contributed by atoms with Crippen LogP contribution in [0.4, 0.5) is 0 Å². The molecular weight excluding hydrogens is 428 g/mol. The number of benzene rings is 2. The zero-order valence-electron chi connectivity index (χ0n) is 20.1. The van der Waals surface area contributed by atoms with Crippen LogP contribution in [0.1, 0.15) is 59.4 Å². The van der Waals surface area contributed by atoms with Crippen molar-refractivity contribution in [3.63, 3.8) is 0 Å². The van der Waals surface area contributed by atoms with E-state index < -0.39 is 0 Å². The number of aryl methyl sites for hydroxylation is 1. The summed E-state index contributed by atoms with van der Waals surface area (Å²) in [6.45, 7) is 4.47. The first-order valence-corrected chi connectivity index (χ1v) is 11.9. The number of methoxy groups -OCH3 is 1. The van der Waals surface area contributed by atoms with Gasteiger partial charge < -0.3 is 19.4 Å². The van der Waals surface area contributed by atoms with Crippen LogP contribution >= 0.6 is 0 Å². The highest BCUT2D eigenvalue weighted by atomic mass is 16.5. The van der Waals surface area contributed by atoms with Gasteiger partial charge in [0.15, 0.2) is 0 Å². The van der Waals surface area contributed by atoms with Gasteiger partial charge >= 0.3 is 5.97 Å². The van der Waals surface area contributed by atoms with Crippen molar-refractivity contribution in [3.05, 3.63) is 77.0 Å². The summed E-state index contributed by atoms with van der Waals surface area (Å²) >= 11 is 0. The predicted octanol–water partition coefficient (Wildman–Crippen LogP) is 5.23. The Kier molecular flexibility index (Phi) is 7.36. The van der Waals surface area contributed by atoms with Gasteiger partial charge in [0, 0.05) is 24.4 Å². The van der Waals surface area contributed by atoms with Gasteiger partial charge in [0.05, 0.1) is 25.3 Å². The molecule has 0 fully saturated rings. The molecule has 0 saturated heterocycles. The van der Waals surface area contributed by atoms with E-state index >= 15 is 0 Å². The van der Waals surface area contributed by atoms with E-state index in [1.165, 1.54) is 11.1 Å². The number of carbonyl (C=O) groups excluding carboxylic acids is 2. The molecule has 1 aliphatic rings. The number of nitrogens with zero attached hydrogens (tertiary/aromatic N) is 1. The fourth-order valence-corrected chi connectivity index (χ4v) is 4.73. The van der Waals surface area contributed by atoms with Gasteiger partial charge in [0.2, 0.25) is 5.91 Å². The maximum Gasteiger partial charge on any atom is 0.339 e. The van der Waals surface area contributed by atoms with Crippen LogP contribution < -0.4 is 10.1 Å². The topological polar surface area (TPSA) is 69.6 Å². The van der Waals surface area contributed by atoms with E-state index in [1.54, 1.807) is 14.0 Å². The molecule has 1 N–H and O–H groups in total.